The maximum absolute atomic E-state index is 12.5. The lowest BCUT2D eigenvalue weighted by Gasteiger charge is -2.26. The molecule has 0 aliphatic heterocycles. The average molecular weight is 844 g/mol. The number of nitrogens with zero attached hydrogens (tertiary/aromatic N) is 10. The third-order valence-electron chi connectivity index (χ3n) is 10.8. The standard InChI is InChI=1S/C44H44Cl2N12O2/c1-3-5-15-37-47-41(46)38(58(37)25-28-18-22-30(23-19-28)32-12-7-9-14-34(32)43-51-55-56-52-43)39(60)35(10-4-2)44-48-40(45)36(26-59)57(44)24-27-16-20-29(21-17-27)31-11-6-8-13-33(31)42-49-53-54-50-42/h6-9,11-14,16-23,35,39,59-60H,3-5,10,15,24-26H2,1-2H3,(H,49,50,53,54)(H,51,52,55,56)/t35-,39+/m0/s1. The van der Waals surface area contributed by atoms with Gasteiger partial charge in [-0.15, -0.1) is 20.4 Å². The number of aromatic amines is 2. The second kappa shape index (κ2) is 18.5. The Morgan fingerprint density at radius 1 is 0.650 bits per heavy atom. The van der Waals surface area contributed by atoms with E-state index in [4.69, 9.17) is 33.2 Å². The number of halogens is 2. The van der Waals surface area contributed by atoms with E-state index in [1.165, 1.54) is 0 Å². The van der Waals surface area contributed by atoms with Crippen LogP contribution in [0.4, 0.5) is 0 Å². The number of aliphatic hydroxyl groups is 2. The van der Waals surface area contributed by atoms with E-state index >= 15 is 0 Å². The maximum atomic E-state index is 12.5. The van der Waals surface area contributed by atoms with Crippen LogP contribution in [0.15, 0.2) is 97.1 Å². The highest BCUT2D eigenvalue weighted by Gasteiger charge is 2.34. The minimum atomic E-state index is -1.09. The summed E-state index contributed by atoms with van der Waals surface area (Å²) < 4.78 is 3.98. The molecule has 4 aromatic heterocycles. The van der Waals surface area contributed by atoms with Gasteiger partial charge in [-0.1, -0.05) is 147 Å². The van der Waals surface area contributed by atoms with Gasteiger partial charge < -0.3 is 19.3 Å². The Kier molecular flexibility index (Phi) is 12.5. The molecule has 0 radical (unpaired) electrons. The zero-order valence-corrected chi connectivity index (χ0v) is 34.7. The molecule has 8 rings (SSSR count). The normalized spacial score (nSPS) is 12.6. The summed E-state index contributed by atoms with van der Waals surface area (Å²) in [6.45, 7) is 4.68. The first-order valence-corrected chi connectivity index (χ1v) is 20.8. The molecule has 306 valence electrons. The van der Waals surface area contributed by atoms with Crippen molar-refractivity contribution in [1.29, 1.82) is 0 Å². The molecule has 4 aromatic carbocycles. The largest absolute Gasteiger partial charge is 0.390 e. The first-order valence-electron chi connectivity index (χ1n) is 20.0. The Hall–Kier alpha value is -6.06. The Balaban J connectivity index is 1.11. The van der Waals surface area contributed by atoms with E-state index < -0.39 is 12.0 Å². The Bertz CT molecular complexity index is 2640. The quantitative estimate of drug-likeness (QED) is 0.0692. The minimum Gasteiger partial charge on any atom is -0.390 e. The minimum absolute atomic E-state index is 0.190. The highest BCUT2D eigenvalue weighted by Crippen LogP contribution is 2.40. The van der Waals surface area contributed by atoms with E-state index in [0.29, 0.717) is 54.8 Å². The van der Waals surface area contributed by atoms with E-state index in [1.807, 2.05) is 77.4 Å². The van der Waals surface area contributed by atoms with Crippen molar-refractivity contribution < 1.29 is 10.2 Å². The van der Waals surface area contributed by atoms with Gasteiger partial charge in [-0.25, -0.2) is 9.97 Å². The molecule has 8 aromatic rings. The van der Waals surface area contributed by atoms with Gasteiger partial charge in [0.25, 0.3) is 0 Å². The van der Waals surface area contributed by atoms with Gasteiger partial charge in [-0.2, -0.15) is 10.4 Å². The fraction of sp³-hybridized carbons (Fsp3) is 0.273. The van der Waals surface area contributed by atoms with E-state index in [0.717, 1.165) is 69.6 Å². The molecular formula is C44H44Cl2N12O2. The number of imidazole rings is 2. The van der Waals surface area contributed by atoms with Gasteiger partial charge >= 0.3 is 0 Å². The predicted molar refractivity (Wildman–Crippen MR) is 230 cm³/mol. The molecular weight excluding hydrogens is 799 g/mol. The number of rotatable bonds is 17. The van der Waals surface area contributed by atoms with Crippen molar-refractivity contribution >= 4 is 23.2 Å². The van der Waals surface area contributed by atoms with Gasteiger partial charge in [0.1, 0.15) is 17.8 Å². The summed E-state index contributed by atoms with van der Waals surface area (Å²) in [5.41, 5.74) is 8.62. The summed E-state index contributed by atoms with van der Waals surface area (Å²) in [4.78, 5) is 9.64. The molecule has 16 heteroatoms. The fourth-order valence-electron chi connectivity index (χ4n) is 7.84. The van der Waals surface area contributed by atoms with Crippen molar-refractivity contribution in [3.05, 3.63) is 142 Å². The molecule has 0 bridgehead atoms. The number of aliphatic hydroxyl groups excluding tert-OH is 2. The van der Waals surface area contributed by atoms with Crippen LogP contribution >= 0.6 is 23.2 Å². The van der Waals surface area contributed by atoms with Gasteiger partial charge in [0.2, 0.25) is 11.6 Å². The van der Waals surface area contributed by atoms with Crippen LogP contribution < -0.4 is 0 Å². The van der Waals surface area contributed by atoms with Crippen molar-refractivity contribution in [2.24, 2.45) is 0 Å². The average Bonchev–Trinajstić information content (AvgIpc) is 4.11. The lowest BCUT2D eigenvalue weighted by Crippen LogP contribution is -2.21. The molecule has 0 aliphatic carbocycles. The fourth-order valence-corrected chi connectivity index (χ4v) is 8.40. The highest BCUT2D eigenvalue weighted by molar-refractivity contribution is 6.30. The van der Waals surface area contributed by atoms with Crippen LogP contribution in [-0.2, 0) is 26.1 Å². The van der Waals surface area contributed by atoms with Gasteiger partial charge in [0.05, 0.1) is 18.0 Å². The molecule has 14 nitrogen and oxygen atoms in total. The van der Waals surface area contributed by atoms with Crippen LogP contribution in [0, 0.1) is 0 Å². The topological polar surface area (TPSA) is 185 Å². The second-order valence-electron chi connectivity index (χ2n) is 14.6. The number of benzene rings is 4. The Morgan fingerprint density at radius 2 is 1.18 bits per heavy atom. The second-order valence-corrected chi connectivity index (χ2v) is 15.4. The van der Waals surface area contributed by atoms with Gasteiger partial charge in [-0.3, -0.25) is 0 Å². The molecule has 0 spiro atoms. The Labute approximate surface area is 356 Å². The van der Waals surface area contributed by atoms with Crippen LogP contribution in [0.1, 0.15) is 85.7 Å². The molecule has 60 heavy (non-hydrogen) atoms. The summed E-state index contributed by atoms with van der Waals surface area (Å²) in [6.07, 6.45) is 2.81. The first kappa shape index (κ1) is 40.7. The first-order chi connectivity index (χ1) is 29.4. The van der Waals surface area contributed by atoms with Gasteiger partial charge in [-0.05, 0) is 56.6 Å². The van der Waals surface area contributed by atoms with Crippen LogP contribution in [0.3, 0.4) is 0 Å². The van der Waals surface area contributed by atoms with Crippen molar-refractivity contribution in [3.8, 4) is 45.0 Å². The van der Waals surface area contributed by atoms with Crippen molar-refractivity contribution in [3.63, 3.8) is 0 Å². The third-order valence-corrected chi connectivity index (χ3v) is 11.4. The molecule has 0 amide bonds. The number of hydrogen-bond donors (Lipinski definition) is 4. The number of hydrogen-bond acceptors (Lipinski definition) is 10. The summed E-state index contributed by atoms with van der Waals surface area (Å²) in [7, 11) is 0. The SMILES string of the molecule is CCCCc1nc(Cl)c([C@H](O)[C@H](CCC)c2nc(Cl)c(CO)n2Cc2ccc(-c3ccccc3-c3nn[nH]n3)cc2)n1Cc1ccc(-c2ccccc2-c2nn[nH]n2)cc1. The molecule has 0 aliphatic rings. The summed E-state index contributed by atoms with van der Waals surface area (Å²) in [6, 6.07) is 32.3. The van der Waals surface area contributed by atoms with Crippen LogP contribution in [0.25, 0.3) is 45.0 Å². The maximum Gasteiger partial charge on any atom is 0.205 e. The number of unbranched alkanes of at least 4 members (excludes halogenated alkanes) is 1. The summed E-state index contributed by atoms with van der Waals surface area (Å²) in [5.74, 6) is 1.88. The summed E-state index contributed by atoms with van der Waals surface area (Å²) >= 11 is 13.8. The molecule has 2 atom stereocenters. The third kappa shape index (κ3) is 8.36. The smallest absolute Gasteiger partial charge is 0.205 e. The molecule has 4 heterocycles. The van der Waals surface area contributed by atoms with Gasteiger partial charge in [0, 0.05) is 36.6 Å². The molecule has 0 unspecified atom stereocenters. The lowest BCUT2D eigenvalue weighted by atomic mass is 9.93. The van der Waals surface area contributed by atoms with Crippen LogP contribution in [0.5, 0.6) is 0 Å². The van der Waals surface area contributed by atoms with Crippen molar-refractivity contribution in [2.75, 3.05) is 0 Å². The van der Waals surface area contributed by atoms with E-state index in [1.54, 1.807) is 0 Å². The van der Waals surface area contributed by atoms with Crippen LogP contribution in [0.2, 0.25) is 10.3 Å². The number of tetrazole rings is 2. The van der Waals surface area contributed by atoms with Crippen molar-refractivity contribution in [2.45, 2.75) is 77.7 Å². The molecule has 0 saturated heterocycles. The molecule has 0 fully saturated rings. The molecule has 4 N–H and O–H groups in total. The van der Waals surface area contributed by atoms with E-state index in [-0.39, 0.29) is 16.9 Å². The van der Waals surface area contributed by atoms with Gasteiger partial charge in [0.15, 0.2) is 10.3 Å². The van der Waals surface area contributed by atoms with Crippen LogP contribution in [-0.4, -0.2) is 70.6 Å². The zero-order chi connectivity index (χ0) is 41.6. The number of aryl methyl sites for hydroxylation is 1. The Morgan fingerprint density at radius 3 is 1.67 bits per heavy atom. The number of H-pyrrole nitrogens is 2. The predicted octanol–water partition coefficient (Wildman–Crippen LogP) is 8.63. The van der Waals surface area contributed by atoms with E-state index in [2.05, 4.69) is 83.9 Å². The molecule has 0 saturated carbocycles. The highest BCUT2D eigenvalue weighted by atomic mass is 35.5. The number of aromatic nitrogens is 12. The monoisotopic (exact) mass is 842 g/mol. The zero-order valence-electron chi connectivity index (χ0n) is 33.2. The number of nitrogens with one attached hydrogen (secondary N) is 2. The van der Waals surface area contributed by atoms with E-state index in [9.17, 15) is 10.2 Å². The summed E-state index contributed by atoms with van der Waals surface area (Å²) in [5, 5.41) is 52.9. The lowest BCUT2D eigenvalue weighted by molar-refractivity contribution is 0.125. The van der Waals surface area contributed by atoms with Crippen molar-refractivity contribution in [1.82, 2.24) is 60.4 Å².